The highest BCUT2D eigenvalue weighted by Gasteiger charge is 2.26. The molecule has 2 nitrogen and oxygen atoms in total. The number of carbonyl (C=O) groups excluding carboxylic acids is 1. The van der Waals surface area contributed by atoms with E-state index < -0.39 is 0 Å². The van der Waals surface area contributed by atoms with Crippen molar-refractivity contribution < 1.29 is 4.79 Å². The number of amides is 1. The van der Waals surface area contributed by atoms with Gasteiger partial charge in [0.05, 0.1) is 6.04 Å². The van der Waals surface area contributed by atoms with Crippen molar-refractivity contribution in [1.29, 1.82) is 0 Å². The molecule has 2 atom stereocenters. The molecule has 3 heteroatoms. The molecule has 0 heterocycles. The Hall–Kier alpha value is -1.80. The van der Waals surface area contributed by atoms with E-state index in [0.717, 1.165) is 18.4 Å². The van der Waals surface area contributed by atoms with Crippen LogP contribution in [0.3, 0.4) is 0 Å². The predicted octanol–water partition coefficient (Wildman–Crippen LogP) is 5.02. The molecule has 2 unspecified atom stereocenters. The smallest absolute Gasteiger partial charge is 0.252 e. The second kappa shape index (κ2) is 6.13. The molecule has 0 spiro atoms. The average Bonchev–Trinajstić information content (AvgIpc) is 2.53. The topological polar surface area (TPSA) is 29.1 Å². The largest absolute Gasteiger partial charge is 0.345 e. The van der Waals surface area contributed by atoms with E-state index in [1.807, 2.05) is 31.2 Å². The highest BCUT2D eigenvalue weighted by Crippen LogP contribution is 2.37. The monoisotopic (exact) mass is 313 g/mol. The van der Waals surface area contributed by atoms with Gasteiger partial charge < -0.3 is 5.32 Å². The number of fused-ring (bicyclic) bond motifs is 1. The standard InChI is InChI=1S/C19H20ClNO/c1-12-10-11-18(16-7-4-3-6-14(12)16)21-19(22)15-8-5-9-17(20)13(15)2/h3-9,12,18H,10-11H2,1-2H3,(H,21,22). The van der Waals surface area contributed by atoms with Gasteiger partial charge in [-0.05, 0) is 54.5 Å². The highest BCUT2D eigenvalue weighted by molar-refractivity contribution is 6.31. The van der Waals surface area contributed by atoms with E-state index in [4.69, 9.17) is 11.6 Å². The normalized spacial score (nSPS) is 20.3. The first-order valence-electron chi connectivity index (χ1n) is 7.72. The summed E-state index contributed by atoms with van der Waals surface area (Å²) in [6, 6.07) is 13.9. The molecule has 0 radical (unpaired) electrons. The van der Waals surface area contributed by atoms with Gasteiger partial charge in [-0.3, -0.25) is 4.79 Å². The van der Waals surface area contributed by atoms with E-state index in [1.54, 1.807) is 0 Å². The van der Waals surface area contributed by atoms with Crippen LogP contribution in [0.1, 0.15) is 58.8 Å². The molecule has 0 fully saturated rings. The Bertz CT molecular complexity index is 710. The third kappa shape index (κ3) is 2.76. The maximum absolute atomic E-state index is 12.6. The number of hydrogen-bond acceptors (Lipinski definition) is 1. The molecule has 0 bridgehead atoms. The Balaban J connectivity index is 1.86. The van der Waals surface area contributed by atoms with Crippen molar-refractivity contribution in [2.24, 2.45) is 0 Å². The lowest BCUT2D eigenvalue weighted by Crippen LogP contribution is -2.32. The van der Waals surface area contributed by atoms with Crippen molar-refractivity contribution in [1.82, 2.24) is 5.32 Å². The molecule has 0 saturated heterocycles. The van der Waals surface area contributed by atoms with Crippen LogP contribution in [0.2, 0.25) is 5.02 Å². The van der Waals surface area contributed by atoms with Crippen LogP contribution in [-0.4, -0.2) is 5.91 Å². The molecular weight excluding hydrogens is 294 g/mol. The quantitative estimate of drug-likeness (QED) is 0.829. The number of hydrogen-bond donors (Lipinski definition) is 1. The van der Waals surface area contributed by atoms with Crippen LogP contribution in [0.15, 0.2) is 42.5 Å². The minimum Gasteiger partial charge on any atom is -0.345 e. The number of benzene rings is 2. The highest BCUT2D eigenvalue weighted by atomic mass is 35.5. The van der Waals surface area contributed by atoms with E-state index in [1.165, 1.54) is 11.1 Å². The van der Waals surface area contributed by atoms with Crippen LogP contribution in [-0.2, 0) is 0 Å². The molecule has 0 aromatic heterocycles. The van der Waals surface area contributed by atoms with Crippen molar-refractivity contribution in [3.05, 3.63) is 69.7 Å². The minimum atomic E-state index is -0.0469. The van der Waals surface area contributed by atoms with E-state index in [2.05, 4.69) is 30.4 Å². The van der Waals surface area contributed by atoms with Crippen molar-refractivity contribution in [2.75, 3.05) is 0 Å². The van der Waals surface area contributed by atoms with Crippen LogP contribution < -0.4 is 5.32 Å². The molecule has 2 aromatic carbocycles. The molecule has 114 valence electrons. The first-order chi connectivity index (χ1) is 10.6. The van der Waals surface area contributed by atoms with E-state index in [-0.39, 0.29) is 11.9 Å². The van der Waals surface area contributed by atoms with Gasteiger partial charge in [0.1, 0.15) is 0 Å². The molecule has 1 aliphatic rings. The molecule has 22 heavy (non-hydrogen) atoms. The van der Waals surface area contributed by atoms with Crippen molar-refractivity contribution in [2.45, 2.75) is 38.6 Å². The van der Waals surface area contributed by atoms with Gasteiger partial charge in [-0.2, -0.15) is 0 Å². The summed E-state index contributed by atoms with van der Waals surface area (Å²) in [5, 5.41) is 3.81. The summed E-state index contributed by atoms with van der Waals surface area (Å²) >= 11 is 6.12. The Kier molecular flexibility index (Phi) is 4.21. The number of rotatable bonds is 2. The van der Waals surface area contributed by atoms with Crippen molar-refractivity contribution in [3.63, 3.8) is 0 Å². The van der Waals surface area contributed by atoms with Crippen LogP contribution in [0.25, 0.3) is 0 Å². The molecule has 0 saturated carbocycles. The third-order valence-corrected chi connectivity index (χ3v) is 5.02. The van der Waals surface area contributed by atoms with Gasteiger partial charge in [-0.1, -0.05) is 48.9 Å². The average molecular weight is 314 g/mol. The fourth-order valence-corrected chi connectivity index (χ4v) is 3.42. The second-order valence-electron chi connectivity index (χ2n) is 6.05. The van der Waals surface area contributed by atoms with Crippen LogP contribution in [0.5, 0.6) is 0 Å². The van der Waals surface area contributed by atoms with E-state index in [0.29, 0.717) is 16.5 Å². The summed E-state index contributed by atoms with van der Waals surface area (Å²) in [5.74, 6) is 0.506. The lowest BCUT2D eigenvalue weighted by atomic mass is 9.81. The number of nitrogens with one attached hydrogen (secondary N) is 1. The predicted molar refractivity (Wildman–Crippen MR) is 90.5 cm³/mol. The summed E-state index contributed by atoms with van der Waals surface area (Å²) in [6.07, 6.45) is 2.07. The van der Waals surface area contributed by atoms with Crippen LogP contribution in [0.4, 0.5) is 0 Å². The first-order valence-corrected chi connectivity index (χ1v) is 8.10. The van der Waals surface area contributed by atoms with Gasteiger partial charge in [0.15, 0.2) is 0 Å². The van der Waals surface area contributed by atoms with Crippen molar-refractivity contribution >= 4 is 17.5 Å². The molecular formula is C19H20ClNO. The number of halogens is 1. The lowest BCUT2D eigenvalue weighted by Gasteiger charge is -2.30. The maximum atomic E-state index is 12.6. The Labute approximate surface area is 136 Å². The van der Waals surface area contributed by atoms with Gasteiger partial charge in [-0.25, -0.2) is 0 Å². The zero-order valence-corrected chi connectivity index (χ0v) is 13.7. The number of carbonyl (C=O) groups is 1. The van der Waals surface area contributed by atoms with Gasteiger partial charge in [0, 0.05) is 10.6 Å². The molecule has 1 amide bonds. The Morgan fingerprint density at radius 1 is 1.09 bits per heavy atom. The molecule has 0 aliphatic heterocycles. The van der Waals surface area contributed by atoms with Gasteiger partial charge in [-0.15, -0.1) is 0 Å². The van der Waals surface area contributed by atoms with Crippen molar-refractivity contribution in [3.8, 4) is 0 Å². The second-order valence-corrected chi connectivity index (χ2v) is 6.45. The maximum Gasteiger partial charge on any atom is 0.252 e. The molecule has 1 N–H and O–H groups in total. The van der Waals surface area contributed by atoms with E-state index >= 15 is 0 Å². The Morgan fingerprint density at radius 2 is 1.82 bits per heavy atom. The zero-order valence-electron chi connectivity index (χ0n) is 12.9. The third-order valence-electron chi connectivity index (χ3n) is 4.61. The summed E-state index contributed by atoms with van der Waals surface area (Å²) < 4.78 is 0. The summed E-state index contributed by atoms with van der Waals surface area (Å²) in [5.41, 5.74) is 4.08. The fourth-order valence-electron chi connectivity index (χ4n) is 3.24. The first kappa shape index (κ1) is 15.1. The van der Waals surface area contributed by atoms with Crippen LogP contribution in [0, 0.1) is 6.92 Å². The SMILES string of the molecule is Cc1c(Cl)cccc1C(=O)NC1CCC(C)c2ccccc21. The minimum absolute atomic E-state index is 0.0469. The molecule has 3 rings (SSSR count). The van der Waals surface area contributed by atoms with Gasteiger partial charge >= 0.3 is 0 Å². The fraction of sp³-hybridized carbons (Fsp3) is 0.316. The summed E-state index contributed by atoms with van der Waals surface area (Å²) in [4.78, 5) is 12.6. The summed E-state index contributed by atoms with van der Waals surface area (Å²) in [7, 11) is 0. The summed E-state index contributed by atoms with van der Waals surface area (Å²) in [6.45, 7) is 4.13. The zero-order chi connectivity index (χ0) is 15.7. The Morgan fingerprint density at radius 3 is 2.59 bits per heavy atom. The van der Waals surface area contributed by atoms with Gasteiger partial charge in [0.2, 0.25) is 0 Å². The lowest BCUT2D eigenvalue weighted by molar-refractivity contribution is 0.0931. The van der Waals surface area contributed by atoms with Crippen LogP contribution >= 0.6 is 11.6 Å². The van der Waals surface area contributed by atoms with Gasteiger partial charge in [0.25, 0.3) is 5.91 Å². The molecule has 1 aliphatic carbocycles. The molecule has 2 aromatic rings. The van der Waals surface area contributed by atoms with E-state index in [9.17, 15) is 4.79 Å².